The van der Waals surface area contributed by atoms with Crippen molar-refractivity contribution in [3.8, 4) is 5.75 Å². The fourth-order valence-electron chi connectivity index (χ4n) is 3.16. The van der Waals surface area contributed by atoms with Crippen molar-refractivity contribution in [2.75, 3.05) is 18.5 Å². The molecule has 2 rings (SSSR count). The highest BCUT2D eigenvalue weighted by Gasteiger charge is 2.17. The van der Waals surface area contributed by atoms with Crippen molar-refractivity contribution in [2.45, 2.75) is 51.4 Å². The SMILES string of the molecule is O=C(O)CCCOc1ccc(NC(=O)CNC(=O)CC2CCCCC2)cc1. The minimum absolute atomic E-state index is 0.0427. The number of carbonyl (C=O) groups is 3. The van der Waals surface area contributed by atoms with E-state index in [9.17, 15) is 14.4 Å². The Morgan fingerprint density at radius 1 is 1.04 bits per heavy atom. The molecule has 0 unspecified atom stereocenters. The first kappa shape index (κ1) is 20.7. The minimum Gasteiger partial charge on any atom is -0.494 e. The lowest BCUT2D eigenvalue weighted by atomic mass is 9.87. The summed E-state index contributed by atoms with van der Waals surface area (Å²) in [6.07, 6.45) is 6.85. The summed E-state index contributed by atoms with van der Waals surface area (Å²) in [6.45, 7) is 0.282. The van der Waals surface area contributed by atoms with Crippen LogP contribution >= 0.6 is 0 Å². The highest BCUT2D eigenvalue weighted by molar-refractivity contribution is 5.94. The standard InChI is InChI=1S/C20H28N2O5/c23-18(13-15-5-2-1-3-6-15)21-14-19(24)22-16-8-10-17(11-9-16)27-12-4-7-20(25)26/h8-11,15H,1-7,12-14H2,(H,21,23)(H,22,24)(H,25,26). The van der Waals surface area contributed by atoms with Gasteiger partial charge < -0.3 is 20.5 Å². The zero-order valence-electron chi connectivity index (χ0n) is 15.5. The number of ether oxygens (including phenoxy) is 1. The number of hydrogen-bond donors (Lipinski definition) is 3. The molecule has 1 aliphatic rings. The maximum absolute atomic E-state index is 12.0. The molecule has 0 saturated heterocycles. The summed E-state index contributed by atoms with van der Waals surface area (Å²) >= 11 is 0. The number of anilines is 1. The average Bonchev–Trinajstić information content (AvgIpc) is 2.65. The van der Waals surface area contributed by atoms with E-state index in [-0.39, 0.29) is 24.8 Å². The Balaban J connectivity index is 1.64. The normalized spacial score (nSPS) is 14.4. The van der Waals surface area contributed by atoms with Gasteiger partial charge in [-0.15, -0.1) is 0 Å². The van der Waals surface area contributed by atoms with Gasteiger partial charge in [-0.05, 0) is 49.4 Å². The molecule has 0 aromatic heterocycles. The summed E-state index contributed by atoms with van der Waals surface area (Å²) in [5.41, 5.74) is 0.611. The maximum atomic E-state index is 12.0. The van der Waals surface area contributed by atoms with Gasteiger partial charge in [-0.25, -0.2) is 0 Å². The summed E-state index contributed by atoms with van der Waals surface area (Å²) in [7, 11) is 0. The number of carbonyl (C=O) groups excluding carboxylic acids is 2. The molecule has 1 aromatic carbocycles. The molecule has 1 aromatic rings. The second-order valence-electron chi connectivity index (χ2n) is 6.90. The lowest BCUT2D eigenvalue weighted by Gasteiger charge is -2.20. The van der Waals surface area contributed by atoms with Crippen LogP contribution in [0.2, 0.25) is 0 Å². The quantitative estimate of drug-likeness (QED) is 0.545. The average molecular weight is 376 g/mol. The molecule has 0 heterocycles. The molecule has 0 atom stereocenters. The number of hydrogen-bond acceptors (Lipinski definition) is 4. The van der Waals surface area contributed by atoms with E-state index in [0.29, 0.717) is 36.8 Å². The largest absolute Gasteiger partial charge is 0.494 e. The van der Waals surface area contributed by atoms with Crippen LogP contribution in [0.3, 0.4) is 0 Å². The van der Waals surface area contributed by atoms with E-state index in [0.717, 1.165) is 12.8 Å². The Kier molecular flexibility index (Phi) is 8.61. The molecular weight excluding hydrogens is 348 g/mol. The third kappa shape index (κ3) is 8.57. The van der Waals surface area contributed by atoms with Crippen molar-refractivity contribution in [2.24, 2.45) is 5.92 Å². The third-order valence-electron chi connectivity index (χ3n) is 4.59. The molecule has 1 saturated carbocycles. The molecule has 7 nitrogen and oxygen atoms in total. The molecule has 148 valence electrons. The first-order valence-electron chi connectivity index (χ1n) is 9.54. The van der Waals surface area contributed by atoms with Gasteiger partial charge in [-0.3, -0.25) is 14.4 Å². The molecule has 0 bridgehead atoms. The van der Waals surface area contributed by atoms with Crippen LogP contribution in [-0.4, -0.2) is 36.0 Å². The second kappa shape index (κ2) is 11.2. The van der Waals surface area contributed by atoms with E-state index in [2.05, 4.69) is 10.6 Å². The number of aliphatic carboxylic acids is 1. The zero-order valence-corrected chi connectivity index (χ0v) is 15.5. The number of rotatable bonds is 10. The van der Waals surface area contributed by atoms with Crippen molar-refractivity contribution in [1.82, 2.24) is 5.32 Å². The first-order valence-corrected chi connectivity index (χ1v) is 9.54. The van der Waals surface area contributed by atoms with Crippen molar-refractivity contribution in [1.29, 1.82) is 0 Å². The Hall–Kier alpha value is -2.57. The summed E-state index contributed by atoms with van der Waals surface area (Å²) in [6, 6.07) is 6.82. The number of benzene rings is 1. The van der Waals surface area contributed by atoms with Crippen LogP contribution in [0.15, 0.2) is 24.3 Å². The van der Waals surface area contributed by atoms with Gasteiger partial charge in [0.25, 0.3) is 0 Å². The Bertz CT molecular complexity index is 624. The van der Waals surface area contributed by atoms with Crippen LogP contribution in [-0.2, 0) is 14.4 Å². The van der Waals surface area contributed by atoms with Crippen molar-refractivity contribution >= 4 is 23.5 Å². The van der Waals surface area contributed by atoms with E-state index in [1.165, 1.54) is 19.3 Å². The molecule has 3 N–H and O–H groups in total. The van der Waals surface area contributed by atoms with E-state index in [4.69, 9.17) is 9.84 Å². The first-order chi connectivity index (χ1) is 13.0. The van der Waals surface area contributed by atoms with E-state index >= 15 is 0 Å². The molecule has 0 radical (unpaired) electrons. The van der Waals surface area contributed by atoms with E-state index in [1.807, 2.05) is 0 Å². The molecule has 0 aliphatic heterocycles. The van der Waals surface area contributed by atoms with Gasteiger partial charge in [0.1, 0.15) is 5.75 Å². The lowest BCUT2D eigenvalue weighted by molar-refractivity contribution is -0.137. The minimum atomic E-state index is -0.845. The molecule has 7 heteroatoms. The van der Waals surface area contributed by atoms with Crippen molar-refractivity contribution < 1.29 is 24.2 Å². The van der Waals surface area contributed by atoms with E-state index < -0.39 is 5.97 Å². The second-order valence-corrected chi connectivity index (χ2v) is 6.90. The maximum Gasteiger partial charge on any atom is 0.303 e. The summed E-state index contributed by atoms with van der Waals surface area (Å²) < 4.78 is 5.43. The van der Waals surface area contributed by atoms with Crippen molar-refractivity contribution in [3.63, 3.8) is 0 Å². The van der Waals surface area contributed by atoms with Crippen LogP contribution in [0.5, 0.6) is 5.75 Å². The van der Waals surface area contributed by atoms with Gasteiger partial charge in [-0.2, -0.15) is 0 Å². The van der Waals surface area contributed by atoms with Crippen LogP contribution in [0.1, 0.15) is 51.4 Å². The predicted molar refractivity (Wildman–Crippen MR) is 102 cm³/mol. The van der Waals surface area contributed by atoms with Gasteiger partial charge in [-0.1, -0.05) is 19.3 Å². The fourth-order valence-corrected chi connectivity index (χ4v) is 3.16. The fraction of sp³-hybridized carbons (Fsp3) is 0.550. The van der Waals surface area contributed by atoms with Gasteiger partial charge in [0, 0.05) is 18.5 Å². The van der Waals surface area contributed by atoms with Gasteiger partial charge in [0.15, 0.2) is 0 Å². The summed E-state index contributed by atoms with van der Waals surface area (Å²) in [5, 5.41) is 14.0. The highest BCUT2D eigenvalue weighted by atomic mass is 16.5. The highest BCUT2D eigenvalue weighted by Crippen LogP contribution is 2.26. The van der Waals surface area contributed by atoms with Gasteiger partial charge in [0.2, 0.25) is 11.8 Å². The van der Waals surface area contributed by atoms with Crippen LogP contribution < -0.4 is 15.4 Å². The Morgan fingerprint density at radius 2 is 1.74 bits per heavy atom. The van der Waals surface area contributed by atoms with Gasteiger partial charge in [0.05, 0.1) is 13.2 Å². The smallest absolute Gasteiger partial charge is 0.303 e. The number of amides is 2. The summed E-state index contributed by atoms with van der Waals surface area (Å²) in [5.74, 6) is -0.129. The van der Waals surface area contributed by atoms with Gasteiger partial charge >= 0.3 is 5.97 Å². The van der Waals surface area contributed by atoms with E-state index in [1.54, 1.807) is 24.3 Å². The Labute approximate surface area is 159 Å². The third-order valence-corrected chi connectivity index (χ3v) is 4.59. The zero-order chi connectivity index (χ0) is 19.5. The lowest BCUT2D eigenvalue weighted by Crippen LogP contribution is -2.34. The molecule has 1 aliphatic carbocycles. The van der Waals surface area contributed by atoms with Crippen molar-refractivity contribution in [3.05, 3.63) is 24.3 Å². The predicted octanol–water partition coefficient (Wildman–Crippen LogP) is 2.96. The molecule has 1 fully saturated rings. The molecule has 27 heavy (non-hydrogen) atoms. The molecular formula is C20H28N2O5. The van der Waals surface area contributed by atoms with Crippen LogP contribution in [0, 0.1) is 5.92 Å². The Morgan fingerprint density at radius 3 is 2.41 bits per heavy atom. The number of nitrogens with one attached hydrogen (secondary N) is 2. The van der Waals surface area contributed by atoms with Crippen LogP contribution in [0.25, 0.3) is 0 Å². The monoisotopic (exact) mass is 376 g/mol. The number of carboxylic acids is 1. The van der Waals surface area contributed by atoms with Crippen LogP contribution in [0.4, 0.5) is 5.69 Å². The topological polar surface area (TPSA) is 105 Å². The molecule has 2 amide bonds. The number of carboxylic acid groups (broad SMARTS) is 1. The molecule has 0 spiro atoms. The summed E-state index contributed by atoms with van der Waals surface area (Å²) in [4.78, 5) is 34.3.